The summed E-state index contributed by atoms with van der Waals surface area (Å²) in [4.78, 5) is 4.54. The number of hydrogen-bond acceptors (Lipinski definition) is 1. The minimum Gasteiger partial charge on any atom is -0.256 e. The van der Waals surface area contributed by atoms with E-state index in [1.54, 1.807) is 6.07 Å². The minimum absolute atomic E-state index is 0.134. The van der Waals surface area contributed by atoms with E-state index in [4.69, 9.17) is 0 Å². The molecular formula is C28H40FN. The number of halogens is 1. The van der Waals surface area contributed by atoms with E-state index in [2.05, 4.69) is 31.0 Å². The van der Waals surface area contributed by atoms with Crippen LogP contribution >= 0.6 is 0 Å². The number of benzene rings is 1. The van der Waals surface area contributed by atoms with Gasteiger partial charge in [-0.05, 0) is 66.8 Å². The molecule has 0 bridgehead atoms. The highest BCUT2D eigenvalue weighted by Crippen LogP contribution is 2.36. The smallest absolute Gasteiger partial charge is 0.132 e. The molecule has 0 unspecified atom stereocenters. The van der Waals surface area contributed by atoms with Gasteiger partial charge in [0.05, 0.1) is 5.69 Å². The summed E-state index contributed by atoms with van der Waals surface area (Å²) in [7, 11) is 0. The van der Waals surface area contributed by atoms with Crippen LogP contribution in [0, 0.1) is 17.7 Å². The van der Waals surface area contributed by atoms with E-state index in [-0.39, 0.29) is 5.82 Å². The molecule has 0 spiro atoms. The second kappa shape index (κ2) is 12.2. The Morgan fingerprint density at radius 1 is 0.833 bits per heavy atom. The van der Waals surface area contributed by atoms with Gasteiger partial charge in [-0.25, -0.2) is 4.39 Å². The third-order valence-corrected chi connectivity index (χ3v) is 7.00. The molecule has 2 heteroatoms. The van der Waals surface area contributed by atoms with Crippen LogP contribution in [0.2, 0.25) is 0 Å². The molecular weight excluding hydrogens is 369 g/mol. The molecule has 0 saturated heterocycles. The lowest BCUT2D eigenvalue weighted by Gasteiger charge is -2.31. The van der Waals surface area contributed by atoms with E-state index in [9.17, 15) is 4.39 Å². The number of pyridine rings is 1. The molecule has 1 aliphatic rings. The predicted octanol–water partition coefficient (Wildman–Crippen LogP) is 8.55. The van der Waals surface area contributed by atoms with Gasteiger partial charge < -0.3 is 0 Å². The van der Waals surface area contributed by atoms with Gasteiger partial charge in [0.25, 0.3) is 0 Å². The van der Waals surface area contributed by atoms with E-state index in [0.29, 0.717) is 5.56 Å². The van der Waals surface area contributed by atoms with Crippen molar-refractivity contribution in [1.82, 2.24) is 4.98 Å². The molecule has 1 fully saturated rings. The summed E-state index contributed by atoms with van der Waals surface area (Å²) in [5.41, 5.74) is 3.74. The lowest BCUT2D eigenvalue weighted by Crippen LogP contribution is -2.20. The largest absolute Gasteiger partial charge is 0.256 e. The van der Waals surface area contributed by atoms with Crippen LogP contribution in [0.4, 0.5) is 4.39 Å². The minimum atomic E-state index is -0.134. The van der Waals surface area contributed by atoms with Crippen molar-refractivity contribution in [2.45, 2.75) is 97.3 Å². The molecule has 0 N–H and O–H groups in total. The highest BCUT2D eigenvalue weighted by Gasteiger charge is 2.24. The molecule has 1 saturated carbocycles. The lowest BCUT2D eigenvalue weighted by molar-refractivity contribution is 0.208. The van der Waals surface area contributed by atoms with E-state index < -0.39 is 0 Å². The van der Waals surface area contributed by atoms with Crippen molar-refractivity contribution in [3.63, 3.8) is 0 Å². The van der Waals surface area contributed by atoms with Crippen LogP contribution in [-0.2, 0) is 12.8 Å². The first kappa shape index (κ1) is 23.0. The van der Waals surface area contributed by atoms with E-state index in [0.717, 1.165) is 35.9 Å². The fraction of sp³-hybridized carbons (Fsp3) is 0.607. The maximum atomic E-state index is 14.9. The van der Waals surface area contributed by atoms with Crippen LogP contribution in [0.25, 0.3) is 11.3 Å². The first-order chi connectivity index (χ1) is 14.7. The molecule has 1 nitrogen and oxygen atoms in total. The van der Waals surface area contributed by atoms with Crippen LogP contribution in [0.15, 0.2) is 36.5 Å². The lowest BCUT2D eigenvalue weighted by atomic mass is 9.74. The summed E-state index contributed by atoms with van der Waals surface area (Å²) in [6, 6.07) is 9.86. The Morgan fingerprint density at radius 3 is 2.23 bits per heavy atom. The van der Waals surface area contributed by atoms with E-state index >= 15 is 0 Å². The standard InChI is InChI=1S/C28H40FN/c1-3-5-7-10-23-16-19-28(30-21-23)26-18-15-22(20-27(26)29)14-17-25-13-9-8-12-24(25)11-6-4-2/h15-16,18-21,24-25H,3-14,17H2,1-2H3/t24-,25+/m1/s1. The molecule has 2 aromatic rings. The molecule has 0 aliphatic heterocycles. The van der Waals surface area contributed by atoms with Gasteiger partial charge in [0.2, 0.25) is 0 Å². The Balaban J connectivity index is 1.58. The van der Waals surface area contributed by atoms with Crippen molar-refractivity contribution in [2.24, 2.45) is 11.8 Å². The van der Waals surface area contributed by atoms with Gasteiger partial charge in [-0.15, -0.1) is 0 Å². The fourth-order valence-corrected chi connectivity index (χ4v) is 5.10. The third kappa shape index (κ3) is 6.65. The Labute approximate surface area is 183 Å². The highest BCUT2D eigenvalue weighted by atomic mass is 19.1. The quantitative estimate of drug-likeness (QED) is 0.339. The van der Waals surface area contributed by atoms with Gasteiger partial charge in [0, 0.05) is 11.8 Å². The SMILES string of the molecule is CCCCCc1ccc(-c2ccc(CC[C@@H]3CCCC[C@H]3CCCC)cc2F)nc1. The van der Waals surface area contributed by atoms with Gasteiger partial charge in [-0.2, -0.15) is 0 Å². The molecule has 1 heterocycles. The zero-order valence-corrected chi connectivity index (χ0v) is 19.1. The van der Waals surface area contributed by atoms with Crippen LogP contribution in [0.3, 0.4) is 0 Å². The third-order valence-electron chi connectivity index (χ3n) is 7.00. The monoisotopic (exact) mass is 409 g/mol. The van der Waals surface area contributed by atoms with Crippen LogP contribution in [0.1, 0.15) is 95.6 Å². The fourth-order valence-electron chi connectivity index (χ4n) is 5.10. The first-order valence-electron chi connectivity index (χ1n) is 12.4. The molecule has 30 heavy (non-hydrogen) atoms. The van der Waals surface area contributed by atoms with Crippen molar-refractivity contribution < 1.29 is 4.39 Å². The van der Waals surface area contributed by atoms with Crippen molar-refractivity contribution in [1.29, 1.82) is 0 Å². The molecule has 164 valence electrons. The zero-order chi connectivity index (χ0) is 21.2. The molecule has 3 rings (SSSR count). The van der Waals surface area contributed by atoms with Gasteiger partial charge >= 0.3 is 0 Å². The topological polar surface area (TPSA) is 12.9 Å². The van der Waals surface area contributed by atoms with Gasteiger partial charge in [0.1, 0.15) is 5.82 Å². The number of aromatic nitrogens is 1. The van der Waals surface area contributed by atoms with Crippen LogP contribution < -0.4 is 0 Å². The highest BCUT2D eigenvalue weighted by molar-refractivity contribution is 5.60. The average Bonchev–Trinajstić information content (AvgIpc) is 2.78. The summed E-state index contributed by atoms with van der Waals surface area (Å²) < 4.78 is 14.9. The average molecular weight is 410 g/mol. The number of unbranched alkanes of at least 4 members (excludes halogenated alkanes) is 3. The van der Waals surface area contributed by atoms with Gasteiger partial charge in [-0.3, -0.25) is 4.98 Å². The van der Waals surface area contributed by atoms with Crippen molar-refractivity contribution >= 4 is 0 Å². The second-order valence-electron chi connectivity index (χ2n) is 9.31. The molecule has 1 aromatic carbocycles. The maximum Gasteiger partial charge on any atom is 0.132 e. The summed E-state index contributed by atoms with van der Waals surface area (Å²) in [5.74, 6) is 1.59. The van der Waals surface area contributed by atoms with Crippen LogP contribution in [-0.4, -0.2) is 4.98 Å². The predicted molar refractivity (Wildman–Crippen MR) is 126 cm³/mol. The molecule has 1 aliphatic carbocycles. The summed E-state index contributed by atoms with van der Waals surface area (Å²) in [6.07, 6.45) is 18.4. The van der Waals surface area contributed by atoms with Crippen molar-refractivity contribution in [3.05, 3.63) is 53.5 Å². The Hall–Kier alpha value is -1.70. The number of nitrogens with zero attached hydrogens (tertiary/aromatic N) is 1. The van der Waals surface area contributed by atoms with Crippen LogP contribution in [0.5, 0.6) is 0 Å². The summed E-state index contributed by atoms with van der Waals surface area (Å²) in [6.45, 7) is 4.50. The van der Waals surface area contributed by atoms with E-state index in [1.807, 2.05) is 18.3 Å². The van der Waals surface area contributed by atoms with E-state index in [1.165, 1.54) is 76.2 Å². The van der Waals surface area contributed by atoms with Gasteiger partial charge in [-0.1, -0.05) is 83.8 Å². The number of aryl methyl sites for hydroxylation is 2. The molecule has 1 aromatic heterocycles. The van der Waals surface area contributed by atoms with Crippen molar-refractivity contribution in [3.8, 4) is 11.3 Å². The first-order valence-corrected chi connectivity index (χ1v) is 12.4. The normalized spacial score (nSPS) is 19.2. The molecule has 2 atom stereocenters. The zero-order valence-electron chi connectivity index (χ0n) is 19.1. The number of rotatable bonds is 11. The Kier molecular flexibility index (Phi) is 9.36. The Morgan fingerprint density at radius 2 is 1.57 bits per heavy atom. The molecule has 0 amide bonds. The van der Waals surface area contributed by atoms with Gasteiger partial charge in [0.15, 0.2) is 0 Å². The summed E-state index contributed by atoms with van der Waals surface area (Å²) in [5, 5.41) is 0. The maximum absolute atomic E-state index is 14.9. The van der Waals surface area contributed by atoms with Crippen molar-refractivity contribution in [2.75, 3.05) is 0 Å². The Bertz CT molecular complexity index is 752. The molecule has 0 radical (unpaired) electrons. The second-order valence-corrected chi connectivity index (χ2v) is 9.31. The number of hydrogen-bond donors (Lipinski definition) is 0. The summed E-state index contributed by atoms with van der Waals surface area (Å²) >= 11 is 0.